The number of fused-ring (bicyclic) bond motifs is 1. The van der Waals surface area contributed by atoms with E-state index < -0.39 is 6.17 Å². The molecule has 108 valence electrons. The van der Waals surface area contributed by atoms with Crippen LogP contribution in [0.2, 0.25) is 5.02 Å². The number of carbonyl (C=O) groups excluding carboxylic acids is 1. The molecular formula is C15H18ClFN2O. The van der Waals surface area contributed by atoms with Gasteiger partial charge in [0.2, 0.25) is 5.91 Å². The summed E-state index contributed by atoms with van der Waals surface area (Å²) in [5.41, 5.74) is 2.20. The highest BCUT2D eigenvalue weighted by Gasteiger charge is 2.26. The molecule has 1 aromatic rings. The Morgan fingerprint density at radius 1 is 1.40 bits per heavy atom. The molecule has 1 unspecified atom stereocenters. The highest BCUT2D eigenvalue weighted by molar-refractivity contribution is 6.31. The Kier molecular flexibility index (Phi) is 3.94. The number of rotatable bonds is 3. The number of benzene rings is 1. The number of hydrogen-bond acceptors (Lipinski definition) is 2. The molecule has 0 aliphatic carbocycles. The minimum atomic E-state index is -0.722. The molecule has 20 heavy (non-hydrogen) atoms. The average Bonchev–Trinajstić information content (AvgIpc) is 3.03. The maximum absolute atomic E-state index is 13.1. The standard InChI is InChI=1S/C15H18ClFN2O/c16-14-3-1-2-11-8-19(10-13(11)14)15(20)5-7-18-6-4-12(17)9-18/h1-3,12H,4-10H2. The van der Waals surface area contributed by atoms with Gasteiger partial charge in [-0.25, -0.2) is 4.39 Å². The van der Waals surface area contributed by atoms with Gasteiger partial charge in [-0.3, -0.25) is 9.69 Å². The van der Waals surface area contributed by atoms with Gasteiger partial charge in [-0.2, -0.15) is 0 Å². The topological polar surface area (TPSA) is 23.6 Å². The Balaban J connectivity index is 1.54. The summed E-state index contributed by atoms with van der Waals surface area (Å²) in [5.74, 6) is 0.125. The largest absolute Gasteiger partial charge is 0.334 e. The number of nitrogens with zero attached hydrogens (tertiary/aromatic N) is 2. The van der Waals surface area contributed by atoms with E-state index in [-0.39, 0.29) is 5.91 Å². The van der Waals surface area contributed by atoms with Crippen molar-refractivity contribution in [1.82, 2.24) is 9.80 Å². The molecule has 1 aromatic carbocycles. The van der Waals surface area contributed by atoms with Crippen molar-refractivity contribution in [2.45, 2.75) is 32.1 Å². The minimum absolute atomic E-state index is 0.125. The van der Waals surface area contributed by atoms with E-state index in [1.807, 2.05) is 28.0 Å². The van der Waals surface area contributed by atoms with Gasteiger partial charge in [0, 0.05) is 44.2 Å². The molecule has 2 aliphatic rings. The van der Waals surface area contributed by atoms with E-state index in [1.54, 1.807) is 0 Å². The third-order valence-electron chi connectivity index (χ3n) is 4.14. The van der Waals surface area contributed by atoms with Gasteiger partial charge in [0.05, 0.1) is 0 Å². The molecule has 0 N–H and O–H groups in total. The fraction of sp³-hybridized carbons (Fsp3) is 0.533. The van der Waals surface area contributed by atoms with Crippen molar-refractivity contribution in [3.8, 4) is 0 Å². The Morgan fingerprint density at radius 2 is 2.25 bits per heavy atom. The summed E-state index contributed by atoms with van der Waals surface area (Å²) in [6.45, 7) is 3.12. The van der Waals surface area contributed by atoms with Crippen LogP contribution in [0, 0.1) is 0 Å². The van der Waals surface area contributed by atoms with Gasteiger partial charge in [-0.05, 0) is 23.6 Å². The predicted octanol–water partition coefficient (Wildman–Crippen LogP) is 2.62. The molecule has 0 bridgehead atoms. The van der Waals surface area contributed by atoms with Crippen molar-refractivity contribution in [2.24, 2.45) is 0 Å². The van der Waals surface area contributed by atoms with E-state index in [0.717, 1.165) is 22.7 Å². The third-order valence-corrected chi connectivity index (χ3v) is 4.49. The smallest absolute Gasteiger partial charge is 0.224 e. The van der Waals surface area contributed by atoms with Crippen LogP contribution in [-0.2, 0) is 17.9 Å². The van der Waals surface area contributed by atoms with Crippen LogP contribution in [0.5, 0.6) is 0 Å². The molecule has 3 nitrogen and oxygen atoms in total. The van der Waals surface area contributed by atoms with Crippen LogP contribution in [0.1, 0.15) is 24.0 Å². The van der Waals surface area contributed by atoms with Gasteiger partial charge in [-0.15, -0.1) is 0 Å². The van der Waals surface area contributed by atoms with Crippen LogP contribution >= 0.6 is 11.6 Å². The molecule has 2 heterocycles. The summed E-state index contributed by atoms with van der Waals surface area (Å²) in [7, 11) is 0. The first-order valence-corrected chi connectivity index (χ1v) is 7.42. The molecule has 0 saturated carbocycles. The van der Waals surface area contributed by atoms with Crippen LogP contribution in [0.15, 0.2) is 18.2 Å². The molecule has 0 aromatic heterocycles. The molecule has 1 atom stereocenters. The lowest BCUT2D eigenvalue weighted by Gasteiger charge is -2.18. The second-order valence-electron chi connectivity index (χ2n) is 5.56. The van der Waals surface area contributed by atoms with Gasteiger partial charge in [0.15, 0.2) is 0 Å². The second kappa shape index (κ2) is 5.70. The number of halogens is 2. The average molecular weight is 297 g/mol. The fourth-order valence-electron chi connectivity index (χ4n) is 2.96. The predicted molar refractivity (Wildman–Crippen MR) is 76.3 cm³/mol. The number of carbonyl (C=O) groups is 1. The number of amides is 1. The van der Waals surface area contributed by atoms with E-state index in [9.17, 15) is 9.18 Å². The molecule has 5 heteroatoms. The van der Waals surface area contributed by atoms with Crippen LogP contribution in [0.4, 0.5) is 4.39 Å². The Hall–Kier alpha value is -1.13. The zero-order valence-corrected chi connectivity index (χ0v) is 12.1. The molecule has 0 radical (unpaired) electrons. The SMILES string of the molecule is O=C(CCN1CCC(F)C1)N1Cc2cccc(Cl)c2C1. The summed E-state index contributed by atoms with van der Waals surface area (Å²) >= 11 is 6.15. The van der Waals surface area contributed by atoms with E-state index >= 15 is 0 Å². The van der Waals surface area contributed by atoms with Crippen LogP contribution in [0.3, 0.4) is 0 Å². The van der Waals surface area contributed by atoms with Crippen LogP contribution in [-0.4, -0.2) is 41.5 Å². The summed E-state index contributed by atoms with van der Waals surface area (Å²) in [5, 5.41) is 0.734. The Bertz CT molecular complexity index is 523. The van der Waals surface area contributed by atoms with Crippen molar-refractivity contribution in [3.05, 3.63) is 34.3 Å². The van der Waals surface area contributed by atoms with E-state index in [0.29, 0.717) is 39.0 Å². The summed E-state index contributed by atoms with van der Waals surface area (Å²) in [6, 6.07) is 5.80. The maximum atomic E-state index is 13.1. The summed E-state index contributed by atoms with van der Waals surface area (Å²) in [6.07, 6.45) is 0.331. The Labute approximate surface area is 123 Å². The maximum Gasteiger partial charge on any atom is 0.224 e. The molecule has 3 rings (SSSR count). The normalized spacial score (nSPS) is 22.3. The lowest BCUT2D eigenvalue weighted by molar-refractivity contribution is -0.132. The van der Waals surface area contributed by atoms with Gasteiger partial charge in [0.1, 0.15) is 6.17 Å². The van der Waals surface area contributed by atoms with Crippen molar-refractivity contribution in [2.75, 3.05) is 19.6 Å². The van der Waals surface area contributed by atoms with Gasteiger partial charge < -0.3 is 4.90 Å². The molecular weight excluding hydrogens is 279 g/mol. The van der Waals surface area contributed by atoms with Crippen molar-refractivity contribution in [3.63, 3.8) is 0 Å². The molecule has 0 spiro atoms. The quantitative estimate of drug-likeness (QED) is 0.856. The molecule has 2 aliphatic heterocycles. The zero-order valence-electron chi connectivity index (χ0n) is 11.3. The first kappa shape index (κ1) is 13.8. The summed E-state index contributed by atoms with van der Waals surface area (Å²) in [4.78, 5) is 16.1. The monoisotopic (exact) mass is 296 g/mol. The van der Waals surface area contributed by atoms with Crippen LogP contribution < -0.4 is 0 Å². The lowest BCUT2D eigenvalue weighted by atomic mass is 10.1. The van der Waals surface area contributed by atoms with Crippen LogP contribution in [0.25, 0.3) is 0 Å². The number of hydrogen-bond donors (Lipinski definition) is 0. The van der Waals surface area contributed by atoms with E-state index in [2.05, 4.69) is 0 Å². The first-order chi connectivity index (χ1) is 9.63. The first-order valence-electron chi connectivity index (χ1n) is 7.04. The van der Waals surface area contributed by atoms with E-state index in [4.69, 9.17) is 11.6 Å². The molecule has 1 amide bonds. The fourth-order valence-corrected chi connectivity index (χ4v) is 3.21. The van der Waals surface area contributed by atoms with Crippen molar-refractivity contribution in [1.29, 1.82) is 0 Å². The van der Waals surface area contributed by atoms with Gasteiger partial charge in [-0.1, -0.05) is 23.7 Å². The lowest BCUT2D eigenvalue weighted by Crippen LogP contribution is -2.30. The van der Waals surface area contributed by atoms with E-state index in [1.165, 1.54) is 0 Å². The minimum Gasteiger partial charge on any atom is -0.334 e. The van der Waals surface area contributed by atoms with Crippen molar-refractivity contribution >= 4 is 17.5 Å². The highest BCUT2D eigenvalue weighted by Crippen LogP contribution is 2.29. The highest BCUT2D eigenvalue weighted by atomic mass is 35.5. The second-order valence-corrected chi connectivity index (χ2v) is 5.97. The van der Waals surface area contributed by atoms with Gasteiger partial charge in [0.25, 0.3) is 0 Å². The molecule has 1 fully saturated rings. The number of alkyl halides is 1. The van der Waals surface area contributed by atoms with Gasteiger partial charge >= 0.3 is 0 Å². The zero-order chi connectivity index (χ0) is 14.1. The molecule has 1 saturated heterocycles. The Morgan fingerprint density at radius 3 is 2.95 bits per heavy atom. The third kappa shape index (κ3) is 2.81. The number of likely N-dealkylation sites (tertiary alicyclic amines) is 1. The summed E-state index contributed by atoms with van der Waals surface area (Å²) < 4.78 is 13.1. The van der Waals surface area contributed by atoms with Crippen molar-refractivity contribution < 1.29 is 9.18 Å².